The lowest BCUT2D eigenvalue weighted by atomic mass is 9.87. The molecule has 0 spiro atoms. The Labute approximate surface area is 158 Å². The second-order valence-corrected chi connectivity index (χ2v) is 6.88. The van der Waals surface area contributed by atoms with Gasteiger partial charge in [0.15, 0.2) is 5.78 Å². The molecule has 27 heavy (non-hydrogen) atoms. The molecular weight excluding hydrogens is 350 g/mol. The Balaban J connectivity index is 1.84. The molecule has 1 aromatic heterocycles. The summed E-state index contributed by atoms with van der Waals surface area (Å²) in [5.41, 5.74) is 0.989. The summed E-state index contributed by atoms with van der Waals surface area (Å²) >= 11 is 0. The van der Waals surface area contributed by atoms with Crippen molar-refractivity contribution in [1.29, 1.82) is 0 Å². The lowest BCUT2D eigenvalue weighted by Gasteiger charge is -2.25. The summed E-state index contributed by atoms with van der Waals surface area (Å²) in [5.74, 6) is -2.29. The van der Waals surface area contributed by atoms with E-state index in [0.29, 0.717) is 19.4 Å². The summed E-state index contributed by atoms with van der Waals surface area (Å²) in [7, 11) is 0. The fraction of sp³-hybridized carbons (Fsp3) is 0.526. The third-order valence-corrected chi connectivity index (χ3v) is 4.48. The molecule has 1 aromatic rings. The van der Waals surface area contributed by atoms with E-state index in [0.717, 1.165) is 5.56 Å². The van der Waals surface area contributed by atoms with Crippen LogP contribution in [0.1, 0.15) is 32.3 Å². The molecule has 0 bridgehead atoms. The van der Waals surface area contributed by atoms with Crippen LogP contribution >= 0.6 is 0 Å². The van der Waals surface area contributed by atoms with Crippen LogP contribution in [-0.2, 0) is 25.5 Å². The topological polar surface area (TPSA) is 114 Å². The van der Waals surface area contributed by atoms with Crippen molar-refractivity contribution in [3.63, 3.8) is 0 Å². The van der Waals surface area contributed by atoms with E-state index in [1.165, 1.54) is 0 Å². The van der Waals surface area contributed by atoms with Gasteiger partial charge in [0, 0.05) is 37.7 Å². The largest absolute Gasteiger partial charge is 0.449 e. The van der Waals surface area contributed by atoms with Gasteiger partial charge in [0.05, 0.1) is 12.6 Å². The third-order valence-electron chi connectivity index (χ3n) is 4.48. The summed E-state index contributed by atoms with van der Waals surface area (Å²) in [6.45, 7) is 4.15. The van der Waals surface area contributed by atoms with Crippen LogP contribution < -0.4 is 10.6 Å². The van der Waals surface area contributed by atoms with Gasteiger partial charge in [-0.3, -0.25) is 19.4 Å². The van der Waals surface area contributed by atoms with Crippen molar-refractivity contribution < 1.29 is 23.9 Å². The van der Waals surface area contributed by atoms with Gasteiger partial charge in [-0.1, -0.05) is 13.8 Å². The zero-order valence-corrected chi connectivity index (χ0v) is 15.6. The van der Waals surface area contributed by atoms with E-state index in [2.05, 4.69) is 15.6 Å². The molecule has 2 unspecified atom stereocenters. The van der Waals surface area contributed by atoms with Crippen molar-refractivity contribution >= 4 is 23.6 Å². The first-order valence-electron chi connectivity index (χ1n) is 9.05. The van der Waals surface area contributed by atoms with Gasteiger partial charge in [-0.05, 0) is 30.0 Å². The molecule has 1 saturated heterocycles. The number of rotatable bonds is 8. The molecule has 0 aliphatic carbocycles. The zero-order chi connectivity index (χ0) is 19.8. The summed E-state index contributed by atoms with van der Waals surface area (Å²) in [6.07, 6.45) is 3.56. The Morgan fingerprint density at radius 1 is 1.30 bits per heavy atom. The number of nitrogens with zero attached hydrogens (tertiary/aromatic N) is 1. The van der Waals surface area contributed by atoms with E-state index in [1.54, 1.807) is 26.2 Å². The summed E-state index contributed by atoms with van der Waals surface area (Å²) in [4.78, 5) is 51.8. The highest BCUT2D eigenvalue weighted by Crippen LogP contribution is 2.17. The second-order valence-electron chi connectivity index (χ2n) is 6.88. The molecule has 1 aliphatic rings. The Morgan fingerprint density at radius 2 is 2.00 bits per heavy atom. The minimum Gasteiger partial charge on any atom is -0.449 e. The number of ether oxygens (including phenoxy) is 1. The highest BCUT2D eigenvalue weighted by molar-refractivity contribution is 6.37. The summed E-state index contributed by atoms with van der Waals surface area (Å²) in [6, 6.07) is 2.90. The molecule has 8 nitrogen and oxygen atoms in total. The summed E-state index contributed by atoms with van der Waals surface area (Å²) < 4.78 is 5.15. The highest BCUT2D eigenvalue weighted by Gasteiger charge is 2.34. The number of ketones is 2. The van der Waals surface area contributed by atoms with E-state index in [-0.39, 0.29) is 24.7 Å². The maximum atomic E-state index is 12.6. The molecule has 2 heterocycles. The number of carbonyl (C=O) groups is 4. The van der Waals surface area contributed by atoms with E-state index in [1.807, 2.05) is 12.1 Å². The van der Waals surface area contributed by atoms with Crippen molar-refractivity contribution in [1.82, 2.24) is 15.6 Å². The van der Waals surface area contributed by atoms with Crippen molar-refractivity contribution in [2.75, 3.05) is 13.2 Å². The molecule has 1 fully saturated rings. The van der Waals surface area contributed by atoms with Crippen molar-refractivity contribution in [3.05, 3.63) is 30.1 Å². The first kappa shape index (κ1) is 20.5. The predicted molar refractivity (Wildman–Crippen MR) is 96.8 cm³/mol. The number of pyridine rings is 1. The van der Waals surface area contributed by atoms with Crippen molar-refractivity contribution in [3.8, 4) is 0 Å². The van der Waals surface area contributed by atoms with E-state index in [4.69, 9.17) is 4.74 Å². The Kier molecular flexibility index (Phi) is 7.45. The Hall–Kier alpha value is -2.77. The van der Waals surface area contributed by atoms with Gasteiger partial charge < -0.3 is 15.4 Å². The van der Waals surface area contributed by atoms with Crippen molar-refractivity contribution in [2.45, 2.75) is 39.2 Å². The van der Waals surface area contributed by atoms with Crippen molar-refractivity contribution in [2.24, 2.45) is 11.8 Å². The van der Waals surface area contributed by atoms with Gasteiger partial charge in [0.2, 0.25) is 5.78 Å². The minimum absolute atomic E-state index is 0.0631. The third kappa shape index (κ3) is 6.16. The normalized spacial score (nSPS) is 18.0. The summed E-state index contributed by atoms with van der Waals surface area (Å²) in [5, 5.41) is 5.05. The van der Waals surface area contributed by atoms with Gasteiger partial charge in [0.25, 0.3) is 5.91 Å². The number of amides is 2. The molecule has 0 saturated carbocycles. The molecular formula is C19H25N3O5. The molecule has 2 N–H and O–H groups in total. The first-order chi connectivity index (χ1) is 12.9. The van der Waals surface area contributed by atoms with Crippen LogP contribution in [0.3, 0.4) is 0 Å². The first-order valence-corrected chi connectivity index (χ1v) is 9.05. The van der Waals surface area contributed by atoms with Gasteiger partial charge in [-0.2, -0.15) is 0 Å². The Bertz CT molecular complexity index is 690. The highest BCUT2D eigenvalue weighted by atomic mass is 16.5. The van der Waals surface area contributed by atoms with E-state index < -0.39 is 29.7 Å². The minimum atomic E-state index is -0.767. The SMILES string of the molecule is CC(C)C(NC(=O)OCCc1ccncc1)C(=O)CC1CCNC(=O)C1=O. The smallest absolute Gasteiger partial charge is 0.407 e. The molecule has 2 amide bonds. The van der Waals surface area contributed by atoms with Gasteiger partial charge in [0.1, 0.15) is 0 Å². The number of hydrogen-bond acceptors (Lipinski definition) is 6. The molecule has 2 rings (SSSR count). The monoisotopic (exact) mass is 375 g/mol. The maximum Gasteiger partial charge on any atom is 0.407 e. The molecule has 1 aliphatic heterocycles. The quantitative estimate of drug-likeness (QED) is 0.656. The van der Waals surface area contributed by atoms with Gasteiger partial charge >= 0.3 is 6.09 Å². The number of carbonyl (C=O) groups excluding carboxylic acids is 4. The molecule has 8 heteroatoms. The second kappa shape index (κ2) is 9.80. The standard InChI is InChI=1S/C19H25N3O5/c1-12(2)16(15(23)11-14-5-9-21-18(25)17(14)24)22-19(26)27-10-6-13-3-7-20-8-4-13/h3-4,7-8,12,14,16H,5-6,9-11H2,1-2H3,(H,21,25)(H,22,26). The van der Waals surface area contributed by atoms with Crippen LogP contribution in [0.2, 0.25) is 0 Å². The molecule has 0 aromatic carbocycles. The Morgan fingerprint density at radius 3 is 2.67 bits per heavy atom. The van der Waals surface area contributed by atoms with Crippen LogP contribution in [-0.4, -0.2) is 47.7 Å². The van der Waals surface area contributed by atoms with E-state index >= 15 is 0 Å². The number of Topliss-reactive ketones (excluding diaryl/α,β-unsaturated/α-hetero) is 2. The fourth-order valence-corrected chi connectivity index (χ4v) is 2.93. The maximum absolute atomic E-state index is 12.6. The number of aromatic nitrogens is 1. The fourth-order valence-electron chi connectivity index (χ4n) is 2.93. The number of alkyl carbamates (subject to hydrolysis) is 1. The predicted octanol–water partition coefficient (Wildman–Crippen LogP) is 1.04. The lowest BCUT2D eigenvalue weighted by Crippen LogP contribution is -2.48. The van der Waals surface area contributed by atoms with E-state index in [9.17, 15) is 19.2 Å². The lowest BCUT2D eigenvalue weighted by molar-refractivity contribution is -0.143. The van der Waals surface area contributed by atoms with Crippen LogP contribution in [0.25, 0.3) is 0 Å². The van der Waals surface area contributed by atoms with Crippen LogP contribution in [0.15, 0.2) is 24.5 Å². The van der Waals surface area contributed by atoms with Crippen LogP contribution in [0.4, 0.5) is 4.79 Å². The van der Waals surface area contributed by atoms with Gasteiger partial charge in [-0.15, -0.1) is 0 Å². The average Bonchev–Trinajstić information content (AvgIpc) is 2.64. The zero-order valence-electron chi connectivity index (χ0n) is 15.6. The van der Waals surface area contributed by atoms with Gasteiger partial charge in [-0.25, -0.2) is 4.79 Å². The number of piperidine rings is 1. The average molecular weight is 375 g/mol. The molecule has 0 radical (unpaired) electrons. The molecule has 2 atom stereocenters. The van der Waals surface area contributed by atoms with Crippen LogP contribution in [0.5, 0.6) is 0 Å². The number of hydrogen-bond donors (Lipinski definition) is 2. The molecule has 146 valence electrons. The number of nitrogens with one attached hydrogen (secondary N) is 2. The van der Waals surface area contributed by atoms with Crippen LogP contribution in [0, 0.1) is 11.8 Å².